The zero-order chi connectivity index (χ0) is 16.5. The van der Waals surface area contributed by atoms with Crippen molar-refractivity contribution in [3.8, 4) is 11.3 Å². The van der Waals surface area contributed by atoms with Gasteiger partial charge in [0, 0.05) is 17.2 Å². The first-order chi connectivity index (χ1) is 11.7. The highest BCUT2D eigenvalue weighted by Crippen LogP contribution is 2.24. The molecule has 2 aromatic carbocycles. The second-order valence-electron chi connectivity index (χ2n) is 5.78. The quantitative estimate of drug-likeness (QED) is 0.505. The van der Waals surface area contributed by atoms with Gasteiger partial charge in [0.2, 0.25) is 0 Å². The minimum atomic E-state index is -0.345. The summed E-state index contributed by atoms with van der Waals surface area (Å²) >= 11 is 1.56. The van der Waals surface area contributed by atoms with E-state index in [9.17, 15) is 4.79 Å². The van der Waals surface area contributed by atoms with Gasteiger partial charge in [0.15, 0.2) is 0 Å². The van der Waals surface area contributed by atoms with Gasteiger partial charge in [-0.2, -0.15) is 0 Å². The number of aryl methyl sites for hydroxylation is 1. The van der Waals surface area contributed by atoms with Crippen LogP contribution < -0.4 is 5.63 Å². The molecule has 4 heteroatoms. The molecule has 0 spiro atoms. The Kier molecular flexibility index (Phi) is 3.75. The van der Waals surface area contributed by atoms with Crippen LogP contribution in [0.4, 0.5) is 0 Å². The highest BCUT2D eigenvalue weighted by Gasteiger charge is 2.12. The molecule has 2 aromatic heterocycles. The molecule has 0 aliphatic heterocycles. The Hall–Kier alpha value is -2.72. The molecule has 0 saturated heterocycles. The summed E-state index contributed by atoms with van der Waals surface area (Å²) in [6, 6.07) is 17.8. The molecule has 0 bridgehead atoms. The van der Waals surface area contributed by atoms with E-state index >= 15 is 0 Å². The third-order valence-electron chi connectivity index (χ3n) is 3.91. The van der Waals surface area contributed by atoms with Crippen molar-refractivity contribution in [3.63, 3.8) is 0 Å². The lowest BCUT2D eigenvalue weighted by molar-refractivity contribution is 0.563. The predicted molar refractivity (Wildman–Crippen MR) is 97.6 cm³/mol. The van der Waals surface area contributed by atoms with Crippen molar-refractivity contribution >= 4 is 22.3 Å². The molecule has 4 aromatic rings. The van der Waals surface area contributed by atoms with E-state index in [2.05, 4.69) is 17.1 Å². The third-order valence-corrected chi connectivity index (χ3v) is 4.76. The first-order valence-electron chi connectivity index (χ1n) is 7.72. The predicted octanol–water partition coefficient (Wildman–Crippen LogP) is 4.82. The fraction of sp³-hybridized carbons (Fsp3) is 0.100. The maximum atomic E-state index is 12.3. The van der Waals surface area contributed by atoms with E-state index in [4.69, 9.17) is 4.42 Å². The Bertz CT molecular complexity index is 1060. The van der Waals surface area contributed by atoms with Gasteiger partial charge >= 0.3 is 5.63 Å². The average Bonchev–Trinajstić information content (AvgIpc) is 3.04. The second-order valence-corrected chi connectivity index (χ2v) is 6.72. The summed E-state index contributed by atoms with van der Waals surface area (Å²) in [6.45, 7) is 2.02. The van der Waals surface area contributed by atoms with Crippen LogP contribution in [0.2, 0.25) is 0 Å². The summed E-state index contributed by atoms with van der Waals surface area (Å²) in [5, 5.41) is 3.83. The largest absolute Gasteiger partial charge is 0.422 e. The Morgan fingerprint density at radius 2 is 1.92 bits per heavy atom. The molecule has 118 valence electrons. The van der Waals surface area contributed by atoms with Gasteiger partial charge in [-0.15, -0.1) is 11.3 Å². The monoisotopic (exact) mass is 333 g/mol. The van der Waals surface area contributed by atoms with Gasteiger partial charge in [0.25, 0.3) is 0 Å². The Balaban J connectivity index is 1.72. The van der Waals surface area contributed by atoms with E-state index in [1.165, 1.54) is 5.56 Å². The molecule has 24 heavy (non-hydrogen) atoms. The van der Waals surface area contributed by atoms with Gasteiger partial charge in [-0.1, -0.05) is 42.0 Å². The maximum absolute atomic E-state index is 12.3. The summed E-state index contributed by atoms with van der Waals surface area (Å²) < 4.78 is 5.44. The van der Waals surface area contributed by atoms with Crippen LogP contribution in [-0.2, 0) is 6.42 Å². The van der Waals surface area contributed by atoms with Gasteiger partial charge in [-0.05, 0) is 30.7 Å². The number of benzene rings is 2. The van der Waals surface area contributed by atoms with E-state index in [0.717, 1.165) is 22.4 Å². The third kappa shape index (κ3) is 2.88. The van der Waals surface area contributed by atoms with Crippen molar-refractivity contribution in [2.45, 2.75) is 13.3 Å². The summed E-state index contributed by atoms with van der Waals surface area (Å²) in [4.78, 5) is 16.9. The molecule has 0 atom stereocenters. The highest BCUT2D eigenvalue weighted by atomic mass is 32.1. The van der Waals surface area contributed by atoms with Crippen LogP contribution in [0.5, 0.6) is 0 Å². The molecule has 3 nitrogen and oxygen atoms in total. The smallest absolute Gasteiger partial charge is 0.345 e. The maximum Gasteiger partial charge on any atom is 0.345 e. The van der Waals surface area contributed by atoms with E-state index in [1.54, 1.807) is 11.3 Å². The molecular formula is C20H15NO2S. The zero-order valence-corrected chi connectivity index (χ0v) is 14.0. The molecule has 2 heterocycles. The number of hydrogen-bond acceptors (Lipinski definition) is 4. The van der Waals surface area contributed by atoms with Crippen LogP contribution in [0.3, 0.4) is 0 Å². The Labute approximate surface area is 143 Å². The van der Waals surface area contributed by atoms with Crippen molar-refractivity contribution in [2.24, 2.45) is 0 Å². The van der Waals surface area contributed by atoms with Gasteiger partial charge in [-0.25, -0.2) is 9.78 Å². The van der Waals surface area contributed by atoms with E-state index in [-0.39, 0.29) is 5.63 Å². The van der Waals surface area contributed by atoms with Crippen molar-refractivity contribution in [1.82, 2.24) is 4.98 Å². The highest BCUT2D eigenvalue weighted by molar-refractivity contribution is 7.10. The van der Waals surface area contributed by atoms with Crippen LogP contribution >= 0.6 is 11.3 Å². The second kappa shape index (κ2) is 6.06. The first-order valence-corrected chi connectivity index (χ1v) is 8.60. The van der Waals surface area contributed by atoms with Gasteiger partial charge < -0.3 is 4.42 Å². The molecule has 0 aliphatic carbocycles. The van der Waals surface area contributed by atoms with Crippen molar-refractivity contribution in [1.29, 1.82) is 0 Å². The molecule has 0 unspecified atom stereocenters. The number of thiazole rings is 1. The summed E-state index contributed by atoms with van der Waals surface area (Å²) in [5.74, 6) is 0. The molecule has 0 radical (unpaired) electrons. The van der Waals surface area contributed by atoms with Gasteiger partial charge in [-0.3, -0.25) is 0 Å². The van der Waals surface area contributed by atoms with Crippen molar-refractivity contribution in [2.75, 3.05) is 0 Å². The molecule has 0 amide bonds. The molecule has 0 fully saturated rings. The van der Waals surface area contributed by atoms with Crippen molar-refractivity contribution < 1.29 is 4.42 Å². The standard InChI is InChI=1S/C20H15NO2S/c1-13-7-8-18-15(9-13)11-16(20(22)23-18)17-12-24-19(21-17)10-14-5-3-2-4-6-14/h2-9,11-12H,10H2,1H3. The fourth-order valence-corrected chi connectivity index (χ4v) is 3.54. The summed E-state index contributed by atoms with van der Waals surface area (Å²) in [5.41, 5.74) is 3.80. The molecule has 0 aliphatic rings. The van der Waals surface area contributed by atoms with E-state index < -0.39 is 0 Å². The summed E-state index contributed by atoms with van der Waals surface area (Å²) in [7, 11) is 0. The normalized spacial score (nSPS) is 11.0. The fourth-order valence-electron chi connectivity index (χ4n) is 2.71. The van der Waals surface area contributed by atoms with Crippen LogP contribution in [0.15, 0.2) is 69.2 Å². The van der Waals surface area contributed by atoms with Crippen molar-refractivity contribution in [3.05, 3.63) is 86.5 Å². The topological polar surface area (TPSA) is 43.1 Å². The SMILES string of the molecule is Cc1ccc2oc(=O)c(-c3csc(Cc4ccccc4)n3)cc2c1. The summed E-state index contributed by atoms with van der Waals surface area (Å²) in [6.07, 6.45) is 0.767. The first kappa shape index (κ1) is 14.8. The molecule has 0 saturated carbocycles. The molecular weight excluding hydrogens is 318 g/mol. The van der Waals surface area contributed by atoms with Crippen LogP contribution in [0.25, 0.3) is 22.2 Å². The minimum Gasteiger partial charge on any atom is -0.422 e. The number of aromatic nitrogens is 1. The Morgan fingerprint density at radius 1 is 1.08 bits per heavy atom. The lowest BCUT2D eigenvalue weighted by Crippen LogP contribution is -2.03. The molecule has 4 rings (SSSR count). The number of nitrogens with zero attached hydrogens (tertiary/aromatic N) is 1. The lowest BCUT2D eigenvalue weighted by Gasteiger charge is -2.01. The van der Waals surface area contributed by atoms with Crippen LogP contribution in [0, 0.1) is 6.92 Å². The zero-order valence-electron chi connectivity index (χ0n) is 13.2. The lowest BCUT2D eigenvalue weighted by atomic mass is 10.1. The van der Waals surface area contributed by atoms with Gasteiger partial charge in [0.1, 0.15) is 5.58 Å². The van der Waals surface area contributed by atoms with E-state index in [0.29, 0.717) is 16.8 Å². The Morgan fingerprint density at radius 3 is 2.75 bits per heavy atom. The molecule has 0 N–H and O–H groups in total. The number of rotatable bonds is 3. The minimum absolute atomic E-state index is 0.345. The van der Waals surface area contributed by atoms with Crippen LogP contribution in [-0.4, -0.2) is 4.98 Å². The van der Waals surface area contributed by atoms with E-state index in [1.807, 2.05) is 54.8 Å². The number of fused-ring (bicyclic) bond motifs is 1. The van der Waals surface area contributed by atoms with Gasteiger partial charge in [0.05, 0.1) is 16.3 Å². The number of hydrogen-bond donors (Lipinski definition) is 0. The average molecular weight is 333 g/mol. The van der Waals surface area contributed by atoms with Crippen LogP contribution in [0.1, 0.15) is 16.1 Å².